The molecule has 2 heterocycles. The molecule has 2 aromatic rings. The highest BCUT2D eigenvalue weighted by atomic mass is 16.7. The minimum Gasteiger partial charge on any atom is -0.497 e. The Hall–Kier alpha value is -3.22. The van der Waals surface area contributed by atoms with Gasteiger partial charge in [0.15, 0.2) is 23.2 Å². The number of benzene rings is 2. The molecule has 7 nitrogen and oxygen atoms in total. The highest BCUT2D eigenvalue weighted by molar-refractivity contribution is 6.11. The van der Waals surface area contributed by atoms with Crippen LogP contribution in [0.4, 0.5) is 0 Å². The molecule has 2 atom stereocenters. The SMILES string of the molecule is COC(=O)[C@H]1C(=O)c2cc(OC)ccc2O[C@@H]1c1ccc2c(c1)OCO2. The highest BCUT2D eigenvalue weighted by Gasteiger charge is 2.44. The lowest BCUT2D eigenvalue weighted by molar-refractivity contribution is -0.146. The average Bonchev–Trinajstić information content (AvgIpc) is 3.14. The van der Waals surface area contributed by atoms with Crippen molar-refractivity contribution in [2.75, 3.05) is 21.0 Å². The third-order valence-corrected chi connectivity index (χ3v) is 4.47. The number of rotatable bonds is 3. The van der Waals surface area contributed by atoms with Gasteiger partial charge in [-0.15, -0.1) is 0 Å². The fraction of sp³-hybridized carbons (Fsp3) is 0.263. The van der Waals surface area contributed by atoms with E-state index in [1.807, 2.05) is 0 Å². The minimum atomic E-state index is -1.13. The van der Waals surface area contributed by atoms with Crippen LogP contribution in [-0.4, -0.2) is 32.8 Å². The van der Waals surface area contributed by atoms with Gasteiger partial charge in [0, 0.05) is 0 Å². The number of carbonyl (C=O) groups excluding carboxylic acids is 2. The number of hydrogen-bond acceptors (Lipinski definition) is 7. The first-order valence-electron chi connectivity index (χ1n) is 7.98. The first kappa shape index (κ1) is 16.3. The lowest BCUT2D eigenvalue weighted by atomic mass is 9.85. The molecule has 0 unspecified atom stereocenters. The van der Waals surface area contributed by atoms with E-state index < -0.39 is 18.0 Å². The van der Waals surface area contributed by atoms with E-state index in [1.165, 1.54) is 14.2 Å². The molecule has 2 aromatic carbocycles. The van der Waals surface area contributed by atoms with Crippen LogP contribution in [0.1, 0.15) is 22.0 Å². The highest BCUT2D eigenvalue weighted by Crippen LogP contribution is 2.43. The van der Waals surface area contributed by atoms with Gasteiger partial charge in [-0.25, -0.2) is 0 Å². The molecule has 134 valence electrons. The molecular formula is C19H16O7. The van der Waals surface area contributed by atoms with Crippen molar-refractivity contribution in [2.24, 2.45) is 5.92 Å². The summed E-state index contributed by atoms with van der Waals surface area (Å²) in [6, 6.07) is 10.1. The van der Waals surface area contributed by atoms with Gasteiger partial charge in [-0.1, -0.05) is 6.07 Å². The lowest BCUT2D eigenvalue weighted by Gasteiger charge is -2.31. The zero-order chi connectivity index (χ0) is 18.3. The molecule has 0 aromatic heterocycles. The van der Waals surface area contributed by atoms with E-state index >= 15 is 0 Å². The third-order valence-electron chi connectivity index (χ3n) is 4.47. The summed E-state index contributed by atoms with van der Waals surface area (Å²) in [5.41, 5.74) is 0.913. The van der Waals surface area contributed by atoms with Crippen LogP contribution in [0.2, 0.25) is 0 Å². The largest absolute Gasteiger partial charge is 0.497 e. The summed E-state index contributed by atoms with van der Waals surface area (Å²) >= 11 is 0. The molecule has 26 heavy (non-hydrogen) atoms. The summed E-state index contributed by atoms with van der Waals surface area (Å²) in [5, 5.41) is 0. The molecule has 0 N–H and O–H groups in total. The van der Waals surface area contributed by atoms with Gasteiger partial charge in [0.05, 0.1) is 19.8 Å². The molecule has 0 amide bonds. The predicted molar refractivity (Wildman–Crippen MR) is 88.8 cm³/mol. The van der Waals surface area contributed by atoms with Crippen molar-refractivity contribution < 1.29 is 33.3 Å². The van der Waals surface area contributed by atoms with E-state index in [0.717, 1.165) is 0 Å². The van der Waals surface area contributed by atoms with Crippen LogP contribution in [0.25, 0.3) is 0 Å². The predicted octanol–water partition coefficient (Wildman–Crippen LogP) is 2.53. The second kappa shape index (κ2) is 6.25. The van der Waals surface area contributed by atoms with Gasteiger partial charge in [-0.05, 0) is 35.9 Å². The first-order valence-corrected chi connectivity index (χ1v) is 7.98. The van der Waals surface area contributed by atoms with Crippen LogP contribution < -0.4 is 18.9 Å². The fourth-order valence-corrected chi connectivity index (χ4v) is 3.15. The van der Waals surface area contributed by atoms with Gasteiger partial charge >= 0.3 is 5.97 Å². The molecule has 0 bridgehead atoms. The maximum Gasteiger partial charge on any atom is 0.320 e. The average molecular weight is 356 g/mol. The molecule has 0 saturated heterocycles. The van der Waals surface area contributed by atoms with Crippen LogP contribution in [0.3, 0.4) is 0 Å². The first-order chi connectivity index (χ1) is 12.6. The van der Waals surface area contributed by atoms with Gasteiger partial charge in [-0.2, -0.15) is 0 Å². The number of Topliss-reactive ketones (excluding diaryl/α,β-unsaturated/α-hetero) is 1. The Kier molecular flexibility index (Phi) is 3.91. The second-order valence-corrected chi connectivity index (χ2v) is 5.88. The van der Waals surface area contributed by atoms with Crippen LogP contribution >= 0.6 is 0 Å². The van der Waals surface area contributed by atoms with Crippen molar-refractivity contribution in [3.63, 3.8) is 0 Å². The third kappa shape index (κ3) is 2.52. The lowest BCUT2D eigenvalue weighted by Crippen LogP contribution is -2.37. The molecule has 0 spiro atoms. The van der Waals surface area contributed by atoms with Crippen LogP contribution in [0, 0.1) is 5.92 Å². The zero-order valence-corrected chi connectivity index (χ0v) is 14.2. The Labute approximate surface area is 149 Å². The Balaban J connectivity index is 1.79. The number of fused-ring (bicyclic) bond motifs is 2. The minimum absolute atomic E-state index is 0.131. The summed E-state index contributed by atoms with van der Waals surface area (Å²) in [4.78, 5) is 25.4. The van der Waals surface area contributed by atoms with Gasteiger partial charge in [0.25, 0.3) is 0 Å². The van der Waals surface area contributed by atoms with Crippen molar-refractivity contribution in [1.29, 1.82) is 0 Å². The van der Waals surface area contributed by atoms with Crippen molar-refractivity contribution in [3.05, 3.63) is 47.5 Å². The number of ether oxygens (including phenoxy) is 5. The smallest absolute Gasteiger partial charge is 0.320 e. The molecule has 2 aliphatic heterocycles. The standard InChI is InChI=1S/C19H16O7/c1-22-11-4-6-13-12(8-11)17(20)16(19(21)23-2)18(26-13)10-3-5-14-15(7-10)25-9-24-14/h3-8,16,18H,9H2,1-2H3/t16-,18+/m0/s1. The van der Waals surface area contributed by atoms with Crippen LogP contribution in [-0.2, 0) is 9.53 Å². The van der Waals surface area contributed by atoms with Crippen molar-refractivity contribution in [3.8, 4) is 23.0 Å². The maximum atomic E-state index is 13.0. The summed E-state index contributed by atoms with van der Waals surface area (Å²) < 4.78 is 26.7. The molecule has 0 radical (unpaired) electrons. The summed E-state index contributed by atoms with van der Waals surface area (Å²) in [7, 11) is 2.75. The monoisotopic (exact) mass is 356 g/mol. The molecule has 2 aliphatic rings. The Morgan fingerprint density at radius 3 is 2.58 bits per heavy atom. The van der Waals surface area contributed by atoms with Crippen LogP contribution in [0.15, 0.2) is 36.4 Å². The van der Waals surface area contributed by atoms with Gasteiger partial charge in [0.2, 0.25) is 6.79 Å². The normalized spacial score (nSPS) is 20.2. The van der Waals surface area contributed by atoms with E-state index in [0.29, 0.717) is 28.6 Å². The molecular weight excluding hydrogens is 340 g/mol. The summed E-state index contributed by atoms with van der Waals surface area (Å²) in [6.07, 6.45) is -0.828. The number of carbonyl (C=O) groups is 2. The van der Waals surface area contributed by atoms with E-state index in [2.05, 4.69) is 0 Å². The quantitative estimate of drug-likeness (QED) is 0.617. The van der Waals surface area contributed by atoms with E-state index in [-0.39, 0.29) is 18.1 Å². The van der Waals surface area contributed by atoms with Gasteiger partial charge in [-0.3, -0.25) is 9.59 Å². The van der Waals surface area contributed by atoms with Crippen molar-refractivity contribution in [2.45, 2.75) is 6.10 Å². The van der Waals surface area contributed by atoms with E-state index in [1.54, 1.807) is 36.4 Å². The van der Waals surface area contributed by atoms with E-state index in [4.69, 9.17) is 23.7 Å². The van der Waals surface area contributed by atoms with E-state index in [9.17, 15) is 9.59 Å². The molecule has 7 heteroatoms. The number of ketones is 1. The molecule has 0 saturated carbocycles. The van der Waals surface area contributed by atoms with Crippen molar-refractivity contribution in [1.82, 2.24) is 0 Å². The maximum absolute atomic E-state index is 13.0. The fourth-order valence-electron chi connectivity index (χ4n) is 3.15. The summed E-state index contributed by atoms with van der Waals surface area (Å²) in [5.74, 6) is -0.117. The Morgan fingerprint density at radius 1 is 1.04 bits per heavy atom. The topological polar surface area (TPSA) is 80.3 Å². The number of methoxy groups -OCH3 is 2. The molecule has 4 rings (SSSR count). The Bertz CT molecular complexity index is 889. The number of hydrogen-bond donors (Lipinski definition) is 0. The molecule has 0 aliphatic carbocycles. The molecule has 0 fully saturated rings. The summed E-state index contributed by atoms with van der Waals surface area (Å²) in [6.45, 7) is 0.131. The number of esters is 1. The van der Waals surface area contributed by atoms with Gasteiger partial charge < -0.3 is 23.7 Å². The second-order valence-electron chi connectivity index (χ2n) is 5.88. The van der Waals surface area contributed by atoms with Crippen molar-refractivity contribution >= 4 is 11.8 Å². The van der Waals surface area contributed by atoms with Gasteiger partial charge in [0.1, 0.15) is 17.6 Å². The van der Waals surface area contributed by atoms with Crippen LogP contribution in [0.5, 0.6) is 23.0 Å². The zero-order valence-electron chi connectivity index (χ0n) is 14.2. The Morgan fingerprint density at radius 2 is 1.81 bits per heavy atom.